The number of phenolic OH excluding ortho intramolecular Hbond substituents is 2. The molecule has 0 saturated heterocycles. The first-order chi connectivity index (χ1) is 8.66. The first kappa shape index (κ1) is 12.7. The van der Waals surface area contributed by atoms with E-state index in [4.69, 9.17) is 11.6 Å². The summed E-state index contributed by atoms with van der Waals surface area (Å²) in [7, 11) is 0. The summed E-state index contributed by atoms with van der Waals surface area (Å²) in [6, 6.07) is 12.2. The van der Waals surface area contributed by atoms with Gasteiger partial charge in [0.2, 0.25) is 0 Å². The Bertz CT molecular complexity index is 543. The third-order valence-corrected chi connectivity index (χ3v) is 3.03. The Morgan fingerprint density at radius 1 is 0.944 bits per heavy atom. The second-order valence-electron chi connectivity index (χ2n) is 4.01. The van der Waals surface area contributed by atoms with E-state index in [1.54, 1.807) is 12.1 Å². The normalized spacial score (nSPS) is 10.5. The van der Waals surface area contributed by atoms with Gasteiger partial charge in [0.15, 0.2) is 0 Å². The molecule has 0 spiro atoms. The summed E-state index contributed by atoms with van der Waals surface area (Å²) in [5.41, 5.74) is 1.75. The Morgan fingerprint density at radius 3 is 2.39 bits per heavy atom. The lowest BCUT2D eigenvalue weighted by Crippen LogP contribution is -2.12. The van der Waals surface area contributed by atoms with Crippen LogP contribution in [-0.2, 0) is 13.1 Å². The van der Waals surface area contributed by atoms with Crippen molar-refractivity contribution in [3.05, 3.63) is 58.6 Å². The van der Waals surface area contributed by atoms with Gasteiger partial charge in [-0.15, -0.1) is 0 Å². The van der Waals surface area contributed by atoms with Crippen LogP contribution >= 0.6 is 11.6 Å². The molecular formula is C14H14ClNO2. The molecule has 0 saturated carbocycles. The minimum absolute atomic E-state index is 0.0577. The highest BCUT2D eigenvalue weighted by molar-refractivity contribution is 6.31. The van der Waals surface area contributed by atoms with Gasteiger partial charge in [0, 0.05) is 29.7 Å². The molecular weight excluding hydrogens is 250 g/mol. The summed E-state index contributed by atoms with van der Waals surface area (Å²) in [4.78, 5) is 0. The molecule has 0 bridgehead atoms. The molecule has 0 aliphatic carbocycles. The number of phenols is 2. The van der Waals surface area contributed by atoms with Gasteiger partial charge < -0.3 is 15.5 Å². The predicted octanol–water partition coefficient (Wildman–Crippen LogP) is 3.04. The zero-order valence-corrected chi connectivity index (χ0v) is 10.5. The maximum absolute atomic E-state index is 9.62. The second kappa shape index (κ2) is 5.76. The van der Waals surface area contributed by atoms with Crippen molar-refractivity contribution in [2.75, 3.05) is 0 Å². The fourth-order valence-corrected chi connectivity index (χ4v) is 1.88. The van der Waals surface area contributed by atoms with Crippen molar-refractivity contribution in [2.24, 2.45) is 0 Å². The maximum Gasteiger partial charge on any atom is 0.123 e. The summed E-state index contributed by atoms with van der Waals surface area (Å²) < 4.78 is 0. The van der Waals surface area contributed by atoms with E-state index in [9.17, 15) is 10.2 Å². The van der Waals surface area contributed by atoms with Crippen molar-refractivity contribution in [3.63, 3.8) is 0 Å². The van der Waals surface area contributed by atoms with Gasteiger partial charge in [-0.2, -0.15) is 0 Å². The van der Waals surface area contributed by atoms with Gasteiger partial charge in [0.1, 0.15) is 11.5 Å². The highest BCUT2D eigenvalue weighted by Crippen LogP contribution is 2.22. The average molecular weight is 264 g/mol. The number of aromatic hydroxyl groups is 2. The standard InChI is InChI=1S/C14H14ClNO2/c15-13-4-2-1-3-10(13)8-16-9-11-5-6-12(17)7-14(11)18/h1-7,16-18H,8-9H2. The van der Waals surface area contributed by atoms with Crippen LogP contribution in [0, 0.1) is 0 Å². The quantitative estimate of drug-likeness (QED) is 0.795. The van der Waals surface area contributed by atoms with Gasteiger partial charge in [-0.25, -0.2) is 0 Å². The highest BCUT2D eigenvalue weighted by Gasteiger charge is 2.03. The molecule has 0 aromatic heterocycles. The number of halogens is 1. The first-order valence-electron chi connectivity index (χ1n) is 5.62. The number of hydrogen-bond acceptors (Lipinski definition) is 3. The topological polar surface area (TPSA) is 52.5 Å². The van der Waals surface area contributed by atoms with Crippen LogP contribution in [-0.4, -0.2) is 10.2 Å². The largest absolute Gasteiger partial charge is 0.508 e. The zero-order valence-electron chi connectivity index (χ0n) is 9.73. The highest BCUT2D eigenvalue weighted by atomic mass is 35.5. The summed E-state index contributed by atoms with van der Waals surface area (Å²) in [6.07, 6.45) is 0. The van der Waals surface area contributed by atoms with Crippen molar-refractivity contribution < 1.29 is 10.2 Å². The number of hydrogen-bond donors (Lipinski definition) is 3. The summed E-state index contributed by atoms with van der Waals surface area (Å²) in [5.74, 6) is 0.143. The molecule has 0 radical (unpaired) electrons. The van der Waals surface area contributed by atoms with E-state index >= 15 is 0 Å². The van der Waals surface area contributed by atoms with Gasteiger partial charge in [-0.3, -0.25) is 0 Å². The van der Waals surface area contributed by atoms with Crippen molar-refractivity contribution in [1.29, 1.82) is 0 Å². The molecule has 3 nitrogen and oxygen atoms in total. The van der Waals surface area contributed by atoms with Gasteiger partial charge in [0.05, 0.1) is 0 Å². The Kier molecular flexibility index (Phi) is 4.07. The van der Waals surface area contributed by atoms with Crippen LogP contribution in [0.5, 0.6) is 11.5 Å². The fourth-order valence-electron chi connectivity index (χ4n) is 1.68. The molecule has 18 heavy (non-hydrogen) atoms. The minimum Gasteiger partial charge on any atom is -0.508 e. The Labute approximate surface area is 111 Å². The van der Waals surface area contributed by atoms with E-state index < -0.39 is 0 Å². The maximum atomic E-state index is 9.62. The lowest BCUT2D eigenvalue weighted by molar-refractivity contribution is 0.443. The molecule has 0 aliphatic rings. The second-order valence-corrected chi connectivity index (χ2v) is 4.42. The van der Waals surface area contributed by atoms with Crippen LogP contribution in [0.25, 0.3) is 0 Å². The minimum atomic E-state index is 0.0577. The number of rotatable bonds is 4. The Balaban J connectivity index is 1.95. The van der Waals surface area contributed by atoms with Crippen molar-refractivity contribution in [2.45, 2.75) is 13.1 Å². The first-order valence-corrected chi connectivity index (χ1v) is 5.99. The average Bonchev–Trinajstić information content (AvgIpc) is 2.34. The molecule has 0 heterocycles. The monoisotopic (exact) mass is 263 g/mol. The molecule has 0 amide bonds. The summed E-state index contributed by atoms with van der Waals surface area (Å²) in [6.45, 7) is 1.14. The number of benzene rings is 2. The number of nitrogens with one attached hydrogen (secondary N) is 1. The van der Waals surface area contributed by atoms with Gasteiger partial charge in [0.25, 0.3) is 0 Å². The van der Waals surface area contributed by atoms with Crippen molar-refractivity contribution in [3.8, 4) is 11.5 Å². The molecule has 0 atom stereocenters. The molecule has 4 heteroatoms. The molecule has 0 unspecified atom stereocenters. The Morgan fingerprint density at radius 2 is 1.67 bits per heavy atom. The SMILES string of the molecule is Oc1ccc(CNCc2ccccc2Cl)c(O)c1. The molecule has 3 N–H and O–H groups in total. The zero-order chi connectivity index (χ0) is 13.0. The van der Waals surface area contributed by atoms with E-state index in [0.717, 1.165) is 16.1 Å². The smallest absolute Gasteiger partial charge is 0.123 e. The van der Waals surface area contributed by atoms with Crippen LogP contribution in [0.15, 0.2) is 42.5 Å². The molecule has 0 aliphatic heterocycles. The fraction of sp³-hybridized carbons (Fsp3) is 0.143. The van der Waals surface area contributed by atoms with Gasteiger partial charge in [-0.1, -0.05) is 35.9 Å². The third-order valence-electron chi connectivity index (χ3n) is 2.66. The molecule has 2 aromatic rings. The molecule has 94 valence electrons. The van der Waals surface area contributed by atoms with Crippen LogP contribution in [0.3, 0.4) is 0 Å². The predicted molar refractivity (Wildman–Crippen MR) is 71.8 cm³/mol. The lowest BCUT2D eigenvalue weighted by atomic mass is 10.1. The van der Waals surface area contributed by atoms with Crippen molar-refractivity contribution >= 4 is 11.6 Å². The van der Waals surface area contributed by atoms with Crippen LogP contribution < -0.4 is 5.32 Å². The van der Waals surface area contributed by atoms with Crippen LogP contribution in [0.4, 0.5) is 0 Å². The van der Waals surface area contributed by atoms with Crippen LogP contribution in [0.2, 0.25) is 5.02 Å². The summed E-state index contributed by atoms with van der Waals surface area (Å²) >= 11 is 6.04. The van der Waals surface area contributed by atoms with E-state index in [1.165, 1.54) is 6.07 Å². The third kappa shape index (κ3) is 3.15. The van der Waals surface area contributed by atoms with E-state index in [2.05, 4.69) is 5.32 Å². The van der Waals surface area contributed by atoms with Crippen molar-refractivity contribution in [1.82, 2.24) is 5.32 Å². The van der Waals surface area contributed by atoms with E-state index in [0.29, 0.717) is 13.1 Å². The van der Waals surface area contributed by atoms with Gasteiger partial charge >= 0.3 is 0 Å². The molecule has 2 aromatic carbocycles. The van der Waals surface area contributed by atoms with E-state index in [1.807, 2.05) is 24.3 Å². The molecule has 0 fully saturated rings. The summed E-state index contributed by atoms with van der Waals surface area (Å²) in [5, 5.41) is 22.7. The Hall–Kier alpha value is -1.71. The van der Waals surface area contributed by atoms with Crippen LogP contribution in [0.1, 0.15) is 11.1 Å². The lowest BCUT2D eigenvalue weighted by Gasteiger charge is -2.08. The van der Waals surface area contributed by atoms with Gasteiger partial charge in [-0.05, 0) is 17.7 Å². The molecule has 2 rings (SSSR count). The van der Waals surface area contributed by atoms with E-state index in [-0.39, 0.29) is 11.5 Å².